The fourth-order valence-electron chi connectivity index (χ4n) is 1.87. The predicted molar refractivity (Wildman–Crippen MR) is 85.1 cm³/mol. The lowest BCUT2D eigenvalue weighted by Gasteiger charge is -2.15. The van der Waals surface area contributed by atoms with Crippen LogP contribution in [-0.2, 0) is 4.79 Å². The molecule has 5 heteroatoms. The molecule has 1 amide bonds. The SMILES string of the molecule is C[C@@H](NC(=O)CSc1ccc(F)cc1)c1ccccc1Cl. The maximum Gasteiger partial charge on any atom is 0.230 e. The van der Waals surface area contributed by atoms with E-state index in [1.54, 1.807) is 18.2 Å². The van der Waals surface area contributed by atoms with Gasteiger partial charge in [-0.25, -0.2) is 4.39 Å². The van der Waals surface area contributed by atoms with Gasteiger partial charge in [0.25, 0.3) is 0 Å². The van der Waals surface area contributed by atoms with Gasteiger partial charge in [0, 0.05) is 9.92 Å². The van der Waals surface area contributed by atoms with Crippen LogP contribution < -0.4 is 5.32 Å². The number of halogens is 2. The second-order valence-electron chi connectivity index (χ2n) is 4.55. The van der Waals surface area contributed by atoms with Crippen molar-refractivity contribution in [3.05, 3.63) is 64.9 Å². The molecule has 0 aromatic heterocycles. The molecule has 0 radical (unpaired) electrons. The molecule has 0 saturated carbocycles. The Balaban J connectivity index is 1.87. The number of benzene rings is 2. The molecule has 110 valence electrons. The largest absolute Gasteiger partial charge is 0.349 e. The van der Waals surface area contributed by atoms with Crippen molar-refractivity contribution < 1.29 is 9.18 Å². The number of rotatable bonds is 5. The number of carbonyl (C=O) groups excluding carboxylic acids is 1. The molecular weight excluding hydrogens is 309 g/mol. The minimum atomic E-state index is -0.281. The summed E-state index contributed by atoms with van der Waals surface area (Å²) in [6.07, 6.45) is 0. The third-order valence-electron chi connectivity index (χ3n) is 2.93. The van der Waals surface area contributed by atoms with Crippen LogP contribution in [0.5, 0.6) is 0 Å². The second kappa shape index (κ2) is 7.48. The summed E-state index contributed by atoms with van der Waals surface area (Å²) in [5.74, 6) is -0.0895. The van der Waals surface area contributed by atoms with Gasteiger partial charge in [-0.1, -0.05) is 29.8 Å². The van der Waals surface area contributed by atoms with E-state index in [4.69, 9.17) is 11.6 Å². The van der Waals surface area contributed by atoms with Crippen LogP contribution in [0.2, 0.25) is 5.02 Å². The monoisotopic (exact) mass is 323 g/mol. The summed E-state index contributed by atoms with van der Waals surface area (Å²) in [4.78, 5) is 12.8. The molecule has 1 N–H and O–H groups in total. The van der Waals surface area contributed by atoms with Gasteiger partial charge >= 0.3 is 0 Å². The van der Waals surface area contributed by atoms with Crippen LogP contribution in [0.25, 0.3) is 0 Å². The Hall–Kier alpha value is -1.52. The summed E-state index contributed by atoms with van der Waals surface area (Å²) < 4.78 is 12.8. The van der Waals surface area contributed by atoms with Crippen LogP contribution in [0.15, 0.2) is 53.4 Å². The molecule has 0 aliphatic heterocycles. The highest BCUT2D eigenvalue weighted by Gasteiger charge is 2.12. The van der Waals surface area contributed by atoms with Crippen LogP contribution >= 0.6 is 23.4 Å². The van der Waals surface area contributed by atoms with Crippen molar-refractivity contribution in [2.24, 2.45) is 0 Å². The van der Waals surface area contributed by atoms with Crippen LogP contribution in [-0.4, -0.2) is 11.7 Å². The average molecular weight is 324 g/mol. The topological polar surface area (TPSA) is 29.1 Å². The highest BCUT2D eigenvalue weighted by molar-refractivity contribution is 8.00. The molecule has 0 fully saturated rings. The summed E-state index contributed by atoms with van der Waals surface area (Å²) in [7, 11) is 0. The zero-order valence-corrected chi connectivity index (χ0v) is 13.0. The molecule has 21 heavy (non-hydrogen) atoms. The van der Waals surface area contributed by atoms with E-state index in [9.17, 15) is 9.18 Å². The highest BCUT2D eigenvalue weighted by atomic mass is 35.5. The van der Waals surface area contributed by atoms with Gasteiger partial charge in [-0.2, -0.15) is 0 Å². The number of nitrogens with one attached hydrogen (secondary N) is 1. The Morgan fingerprint density at radius 2 is 1.90 bits per heavy atom. The first-order valence-corrected chi connectivity index (χ1v) is 7.85. The first-order valence-electron chi connectivity index (χ1n) is 6.48. The second-order valence-corrected chi connectivity index (χ2v) is 6.01. The molecule has 0 saturated heterocycles. The van der Waals surface area contributed by atoms with E-state index in [1.165, 1.54) is 23.9 Å². The fourth-order valence-corrected chi connectivity index (χ4v) is 2.88. The zero-order valence-electron chi connectivity index (χ0n) is 11.5. The maximum atomic E-state index is 12.8. The van der Waals surface area contributed by atoms with E-state index in [-0.39, 0.29) is 23.5 Å². The number of hydrogen-bond acceptors (Lipinski definition) is 2. The standard InChI is InChI=1S/C16H15ClFNOS/c1-11(14-4-2-3-5-15(14)17)19-16(20)10-21-13-8-6-12(18)7-9-13/h2-9,11H,10H2,1H3,(H,19,20)/t11-/m1/s1. The third kappa shape index (κ3) is 4.76. The van der Waals surface area contributed by atoms with Crippen molar-refractivity contribution in [2.75, 3.05) is 5.75 Å². The van der Waals surface area contributed by atoms with Gasteiger partial charge in [0.1, 0.15) is 5.82 Å². The van der Waals surface area contributed by atoms with Gasteiger partial charge in [-0.15, -0.1) is 11.8 Å². The Morgan fingerprint density at radius 3 is 2.57 bits per heavy atom. The molecule has 2 nitrogen and oxygen atoms in total. The van der Waals surface area contributed by atoms with Crippen molar-refractivity contribution >= 4 is 29.3 Å². The number of hydrogen-bond donors (Lipinski definition) is 1. The quantitative estimate of drug-likeness (QED) is 0.824. The lowest BCUT2D eigenvalue weighted by atomic mass is 10.1. The van der Waals surface area contributed by atoms with Gasteiger partial charge in [-0.3, -0.25) is 4.79 Å². The van der Waals surface area contributed by atoms with E-state index in [2.05, 4.69) is 5.32 Å². The molecule has 2 rings (SSSR count). The van der Waals surface area contributed by atoms with Crippen LogP contribution in [0.3, 0.4) is 0 Å². The van der Waals surface area contributed by atoms with Gasteiger partial charge in [0.15, 0.2) is 0 Å². The van der Waals surface area contributed by atoms with Crippen LogP contribution in [0.1, 0.15) is 18.5 Å². The smallest absolute Gasteiger partial charge is 0.230 e. The van der Waals surface area contributed by atoms with Crippen molar-refractivity contribution in [1.29, 1.82) is 0 Å². The highest BCUT2D eigenvalue weighted by Crippen LogP contribution is 2.23. The normalized spacial score (nSPS) is 12.0. The lowest BCUT2D eigenvalue weighted by molar-refractivity contribution is -0.119. The molecule has 0 bridgehead atoms. The first kappa shape index (κ1) is 15.9. The van der Waals surface area contributed by atoms with E-state index in [1.807, 2.05) is 25.1 Å². The minimum Gasteiger partial charge on any atom is -0.349 e. The van der Waals surface area contributed by atoms with Gasteiger partial charge in [-0.05, 0) is 42.8 Å². The zero-order chi connectivity index (χ0) is 15.2. The molecule has 1 atom stereocenters. The van der Waals surface area contributed by atoms with Crippen LogP contribution in [0.4, 0.5) is 4.39 Å². The average Bonchev–Trinajstić information content (AvgIpc) is 2.47. The predicted octanol–water partition coefficient (Wildman–Crippen LogP) is 4.45. The first-order chi connectivity index (χ1) is 10.1. The minimum absolute atomic E-state index is 0.0863. The molecule has 0 unspecified atom stereocenters. The van der Waals surface area contributed by atoms with Crippen molar-refractivity contribution in [3.8, 4) is 0 Å². The molecule has 2 aromatic carbocycles. The number of carbonyl (C=O) groups is 1. The number of amides is 1. The molecule has 0 aliphatic rings. The van der Waals surface area contributed by atoms with Crippen molar-refractivity contribution in [3.63, 3.8) is 0 Å². The van der Waals surface area contributed by atoms with Crippen LogP contribution in [0, 0.1) is 5.82 Å². The van der Waals surface area contributed by atoms with E-state index < -0.39 is 0 Å². The van der Waals surface area contributed by atoms with Crippen molar-refractivity contribution in [2.45, 2.75) is 17.9 Å². The van der Waals surface area contributed by atoms with Crippen molar-refractivity contribution in [1.82, 2.24) is 5.32 Å². The molecule has 0 spiro atoms. The van der Waals surface area contributed by atoms with E-state index in [0.717, 1.165) is 10.5 Å². The Labute approximate surface area is 132 Å². The molecule has 0 aliphatic carbocycles. The van der Waals surface area contributed by atoms with Gasteiger partial charge in [0.05, 0.1) is 11.8 Å². The lowest BCUT2D eigenvalue weighted by Crippen LogP contribution is -2.28. The number of thioether (sulfide) groups is 1. The summed E-state index contributed by atoms with van der Waals surface area (Å²) in [6.45, 7) is 1.89. The Kier molecular flexibility index (Phi) is 5.65. The van der Waals surface area contributed by atoms with Gasteiger partial charge < -0.3 is 5.32 Å². The Bertz CT molecular complexity index is 618. The molecule has 2 aromatic rings. The summed E-state index contributed by atoms with van der Waals surface area (Å²) in [5, 5.41) is 3.54. The van der Waals surface area contributed by atoms with Gasteiger partial charge in [0.2, 0.25) is 5.91 Å². The summed E-state index contributed by atoms with van der Waals surface area (Å²) in [5.41, 5.74) is 0.888. The summed E-state index contributed by atoms with van der Waals surface area (Å²) >= 11 is 7.47. The molecular formula is C16H15ClFNOS. The fraction of sp³-hybridized carbons (Fsp3) is 0.188. The third-order valence-corrected chi connectivity index (χ3v) is 4.29. The Morgan fingerprint density at radius 1 is 1.24 bits per heavy atom. The maximum absolute atomic E-state index is 12.8. The van der Waals surface area contributed by atoms with E-state index >= 15 is 0 Å². The molecule has 0 heterocycles. The van der Waals surface area contributed by atoms with E-state index in [0.29, 0.717) is 5.02 Å². The summed E-state index contributed by atoms with van der Waals surface area (Å²) in [6, 6.07) is 13.4.